The van der Waals surface area contributed by atoms with Crippen molar-refractivity contribution in [2.45, 2.75) is 59.0 Å². The third-order valence-electron chi connectivity index (χ3n) is 3.22. The van der Waals surface area contributed by atoms with Gasteiger partial charge >= 0.3 is 0 Å². The average molecular weight is 266 g/mol. The van der Waals surface area contributed by atoms with Gasteiger partial charge in [0, 0.05) is 7.05 Å². The van der Waals surface area contributed by atoms with Gasteiger partial charge in [-0.15, -0.1) is 0 Å². The molecular formula is C14H26N4O. The Morgan fingerprint density at radius 3 is 2.68 bits per heavy atom. The molecule has 0 spiro atoms. The Balaban J connectivity index is 2.63. The molecule has 1 aromatic heterocycles. The van der Waals surface area contributed by atoms with Crippen molar-refractivity contribution in [1.29, 1.82) is 5.41 Å². The molecule has 0 amide bonds. The number of nitrogens with two attached hydrogens (primary N) is 1. The minimum absolute atomic E-state index is 0.0128. The third-order valence-corrected chi connectivity index (χ3v) is 3.22. The highest BCUT2D eigenvalue weighted by molar-refractivity contribution is 5.98. The zero-order valence-electron chi connectivity index (χ0n) is 12.5. The highest BCUT2D eigenvalue weighted by atomic mass is 16.5. The van der Waals surface area contributed by atoms with Gasteiger partial charge in [0.15, 0.2) is 0 Å². The Labute approximate surface area is 115 Å². The number of unbranched alkanes of at least 4 members (excludes halogenated alkanes) is 3. The maximum Gasteiger partial charge on any atom is 0.223 e. The monoisotopic (exact) mass is 266 g/mol. The van der Waals surface area contributed by atoms with Crippen LogP contribution in [0.5, 0.6) is 5.88 Å². The number of nitrogens with one attached hydrogen (secondary N) is 1. The highest BCUT2D eigenvalue weighted by Gasteiger charge is 2.19. The fraction of sp³-hybridized carbons (Fsp3) is 0.714. The minimum atomic E-state index is 0.0128. The third kappa shape index (κ3) is 4.26. The summed E-state index contributed by atoms with van der Waals surface area (Å²) in [6, 6.07) is 0. The summed E-state index contributed by atoms with van der Waals surface area (Å²) in [7, 11) is 1.82. The second-order valence-corrected chi connectivity index (χ2v) is 5.08. The Hall–Kier alpha value is -1.52. The van der Waals surface area contributed by atoms with E-state index in [4.69, 9.17) is 15.9 Å². The van der Waals surface area contributed by atoms with E-state index < -0.39 is 0 Å². The van der Waals surface area contributed by atoms with Crippen LogP contribution >= 0.6 is 0 Å². The molecule has 0 saturated carbocycles. The molecule has 0 aromatic carbocycles. The lowest BCUT2D eigenvalue weighted by atomic mass is 10.1. The average Bonchev–Trinajstić information content (AvgIpc) is 2.60. The van der Waals surface area contributed by atoms with E-state index in [-0.39, 0.29) is 11.9 Å². The number of aryl methyl sites for hydroxylation is 2. The fourth-order valence-corrected chi connectivity index (χ4v) is 2.19. The van der Waals surface area contributed by atoms with Crippen molar-refractivity contribution in [3.63, 3.8) is 0 Å². The van der Waals surface area contributed by atoms with Gasteiger partial charge in [-0.25, -0.2) is 4.68 Å². The zero-order chi connectivity index (χ0) is 14.4. The van der Waals surface area contributed by atoms with Gasteiger partial charge in [-0.3, -0.25) is 5.41 Å². The molecule has 1 atom stereocenters. The SMILES string of the molecule is CCCCCCC(C)Oc1c(C(=N)N)c(C)nn1C. The van der Waals surface area contributed by atoms with Gasteiger partial charge in [-0.2, -0.15) is 5.10 Å². The van der Waals surface area contributed by atoms with Crippen LogP contribution < -0.4 is 10.5 Å². The normalized spacial score (nSPS) is 12.4. The number of amidine groups is 1. The highest BCUT2D eigenvalue weighted by Crippen LogP contribution is 2.23. The minimum Gasteiger partial charge on any atom is -0.474 e. The van der Waals surface area contributed by atoms with Crippen LogP contribution in [0.3, 0.4) is 0 Å². The standard InChI is InChI=1S/C14H26N4O/c1-5-6-7-8-9-10(2)19-14-12(13(15)16)11(3)17-18(14)4/h10H,5-9H2,1-4H3,(H3,15,16). The van der Waals surface area contributed by atoms with Crippen molar-refractivity contribution in [3.8, 4) is 5.88 Å². The van der Waals surface area contributed by atoms with E-state index in [0.717, 1.165) is 12.1 Å². The molecule has 0 bridgehead atoms. The topological polar surface area (TPSA) is 76.9 Å². The molecule has 108 valence electrons. The lowest BCUT2D eigenvalue weighted by Crippen LogP contribution is -2.18. The molecule has 1 aromatic rings. The number of hydrogen-bond donors (Lipinski definition) is 2. The van der Waals surface area contributed by atoms with Crippen molar-refractivity contribution >= 4 is 5.84 Å². The second kappa shape index (κ2) is 7.16. The number of nitrogens with zero attached hydrogens (tertiary/aromatic N) is 2. The molecule has 0 radical (unpaired) electrons. The molecule has 5 nitrogen and oxygen atoms in total. The quantitative estimate of drug-likeness (QED) is 0.431. The van der Waals surface area contributed by atoms with Crippen LogP contribution in [0.4, 0.5) is 0 Å². The number of hydrogen-bond acceptors (Lipinski definition) is 3. The van der Waals surface area contributed by atoms with E-state index in [2.05, 4.69) is 18.9 Å². The molecule has 19 heavy (non-hydrogen) atoms. The van der Waals surface area contributed by atoms with Crippen molar-refractivity contribution in [1.82, 2.24) is 9.78 Å². The summed E-state index contributed by atoms with van der Waals surface area (Å²) >= 11 is 0. The fourth-order valence-electron chi connectivity index (χ4n) is 2.19. The first-order valence-corrected chi connectivity index (χ1v) is 7.02. The zero-order valence-corrected chi connectivity index (χ0v) is 12.5. The van der Waals surface area contributed by atoms with Gasteiger partial charge in [-0.1, -0.05) is 26.2 Å². The first kappa shape index (κ1) is 15.5. The van der Waals surface area contributed by atoms with Crippen LogP contribution in [0.25, 0.3) is 0 Å². The van der Waals surface area contributed by atoms with Gasteiger partial charge in [0.2, 0.25) is 5.88 Å². The molecule has 3 N–H and O–H groups in total. The summed E-state index contributed by atoms with van der Waals surface area (Å²) in [5.41, 5.74) is 6.95. The summed E-state index contributed by atoms with van der Waals surface area (Å²) in [5, 5.41) is 11.9. The predicted octanol–water partition coefficient (Wildman–Crippen LogP) is 2.75. The Morgan fingerprint density at radius 1 is 1.42 bits per heavy atom. The molecular weight excluding hydrogens is 240 g/mol. The molecule has 5 heteroatoms. The predicted molar refractivity (Wildman–Crippen MR) is 77.8 cm³/mol. The van der Waals surface area contributed by atoms with E-state index in [0.29, 0.717) is 11.4 Å². The van der Waals surface area contributed by atoms with Crippen LogP contribution in [0.15, 0.2) is 0 Å². The first-order valence-electron chi connectivity index (χ1n) is 7.02. The van der Waals surface area contributed by atoms with Gasteiger partial charge in [0.25, 0.3) is 0 Å². The lowest BCUT2D eigenvalue weighted by molar-refractivity contribution is 0.189. The number of nitrogen functional groups attached to an aromatic ring is 1. The summed E-state index contributed by atoms with van der Waals surface area (Å²) in [6.07, 6.45) is 6.06. The number of rotatable bonds is 8. The smallest absolute Gasteiger partial charge is 0.223 e. The summed E-state index contributed by atoms with van der Waals surface area (Å²) in [4.78, 5) is 0. The maximum absolute atomic E-state index is 7.61. The van der Waals surface area contributed by atoms with Gasteiger partial charge in [0.05, 0.1) is 11.8 Å². The summed E-state index contributed by atoms with van der Waals surface area (Å²) in [6.45, 7) is 6.10. The van der Waals surface area contributed by atoms with E-state index >= 15 is 0 Å². The largest absolute Gasteiger partial charge is 0.474 e. The van der Waals surface area contributed by atoms with Crippen LogP contribution in [0.2, 0.25) is 0 Å². The van der Waals surface area contributed by atoms with Crippen LogP contribution in [0, 0.1) is 12.3 Å². The van der Waals surface area contributed by atoms with Crippen LogP contribution in [-0.2, 0) is 7.05 Å². The summed E-state index contributed by atoms with van der Waals surface area (Å²) < 4.78 is 7.58. The number of ether oxygens (including phenoxy) is 1. The van der Waals surface area contributed by atoms with E-state index in [1.54, 1.807) is 4.68 Å². The second-order valence-electron chi connectivity index (χ2n) is 5.08. The van der Waals surface area contributed by atoms with Crippen LogP contribution in [0.1, 0.15) is 57.2 Å². The first-order chi connectivity index (χ1) is 8.97. The Bertz CT molecular complexity index is 425. The molecule has 0 aliphatic heterocycles. The maximum atomic E-state index is 7.61. The molecule has 0 saturated heterocycles. The van der Waals surface area contributed by atoms with Gasteiger partial charge < -0.3 is 10.5 Å². The van der Waals surface area contributed by atoms with Gasteiger partial charge in [0.1, 0.15) is 11.4 Å². The van der Waals surface area contributed by atoms with E-state index in [9.17, 15) is 0 Å². The van der Waals surface area contributed by atoms with Gasteiger partial charge in [-0.05, 0) is 26.7 Å². The molecule has 0 fully saturated rings. The van der Waals surface area contributed by atoms with Crippen molar-refractivity contribution < 1.29 is 4.74 Å². The van der Waals surface area contributed by atoms with Crippen molar-refractivity contribution in [2.24, 2.45) is 12.8 Å². The molecule has 0 aliphatic carbocycles. The number of aromatic nitrogens is 2. The van der Waals surface area contributed by atoms with Crippen LogP contribution in [-0.4, -0.2) is 21.7 Å². The van der Waals surface area contributed by atoms with E-state index in [1.165, 1.54) is 25.7 Å². The Morgan fingerprint density at radius 2 is 2.11 bits per heavy atom. The molecule has 0 aliphatic rings. The lowest BCUT2D eigenvalue weighted by Gasteiger charge is -2.15. The molecule has 1 heterocycles. The Kier molecular flexibility index (Phi) is 5.86. The molecule has 1 unspecified atom stereocenters. The summed E-state index contributed by atoms with van der Waals surface area (Å²) in [5.74, 6) is 0.617. The van der Waals surface area contributed by atoms with Crippen molar-refractivity contribution in [3.05, 3.63) is 11.3 Å². The molecule has 1 rings (SSSR count). The van der Waals surface area contributed by atoms with E-state index in [1.807, 2.05) is 14.0 Å². The van der Waals surface area contributed by atoms with Crippen molar-refractivity contribution in [2.75, 3.05) is 0 Å².